The van der Waals surface area contributed by atoms with Crippen molar-refractivity contribution in [3.8, 4) is 10.6 Å². The molecule has 0 bridgehead atoms. The maximum absolute atomic E-state index is 11.0. The number of aromatic nitrogens is 2. The van der Waals surface area contributed by atoms with E-state index < -0.39 is 0 Å². The minimum absolute atomic E-state index is 0.206. The van der Waals surface area contributed by atoms with Crippen LogP contribution in [0.5, 0.6) is 0 Å². The lowest BCUT2D eigenvalue weighted by Gasteiger charge is -1.95. The second-order valence-corrected chi connectivity index (χ2v) is 4.98. The zero-order valence-electron chi connectivity index (χ0n) is 7.37. The lowest BCUT2D eigenvalue weighted by atomic mass is 10.3. The van der Waals surface area contributed by atoms with Gasteiger partial charge in [-0.3, -0.25) is 4.79 Å². The minimum Gasteiger partial charge on any atom is -0.267 e. The van der Waals surface area contributed by atoms with Crippen LogP contribution in [0, 0.1) is 6.92 Å². The van der Waals surface area contributed by atoms with Gasteiger partial charge in [0.2, 0.25) is 0 Å². The standard InChI is InChI=1S/C9H7BrN2OS/c1-5-2-3-8(14-5)7-4-6(10)9(13)12-11-7/h2-4H,1H3,(H,12,13). The van der Waals surface area contributed by atoms with Crippen molar-refractivity contribution in [1.29, 1.82) is 0 Å². The molecule has 2 rings (SSSR count). The third kappa shape index (κ3) is 1.78. The third-order valence-corrected chi connectivity index (χ3v) is 3.36. The van der Waals surface area contributed by atoms with E-state index in [1.165, 1.54) is 4.88 Å². The van der Waals surface area contributed by atoms with Crippen LogP contribution in [0.4, 0.5) is 0 Å². The van der Waals surface area contributed by atoms with Crippen LogP contribution in [-0.2, 0) is 0 Å². The summed E-state index contributed by atoms with van der Waals surface area (Å²) >= 11 is 4.82. The lowest BCUT2D eigenvalue weighted by molar-refractivity contribution is 0.988. The lowest BCUT2D eigenvalue weighted by Crippen LogP contribution is -2.08. The van der Waals surface area contributed by atoms with E-state index in [9.17, 15) is 4.79 Å². The van der Waals surface area contributed by atoms with Crippen LogP contribution in [0.15, 0.2) is 27.5 Å². The summed E-state index contributed by atoms with van der Waals surface area (Å²) in [6.45, 7) is 2.04. The van der Waals surface area contributed by atoms with Gasteiger partial charge < -0.3 is 0 Å². The SMILES string of the molecule is Cc1ccc(-c2cc(Br)c(=O)[nH]n2)s1. The molecule has 0 aliphatic carbocycles. The van der Waals surface area contributed by atoms with Crippen molar-refractivity contribution in [3.05, 3.63) is 37.9 Å². The van der Waals surface area contributed by atoms with Gasteiger partial charge in [0.1, 0.15) is 5.69 Å². The molecule has 0 saturated carbocycles. The van der Waals surface area contributed by atoms with E-state index >= 15 is 0 Å². The minimum atomic E-state index is -0.206. The van der Waals surface area contributed by atoms with Crippen LogP contribution in [0.25, 0.3) is 10.6 Å². The summed E-state index contributed by atoms with van der Waals surface area (Å²) in [5.74, 6) is 0. The van der Waals surface area contributed by atoms with Crippen LogP contribution >= 0.6 is 27.3 Å². The molecule has 2 aromatic rings. The zero-order chi connectivity index (χ0) is 10.1. The largest absolute Gasteiger partial charge is 0.278 e. The Morgan fingerprint density at radius 2 is 2.29 bits per heavy atom. The summed E-state index contributed by atoms with van der Waals surface area (Å²) in [5, 5.41) is 6.40. The zero-order valence-corrected chi connectivity index (χ0v) is 9.78. The van der Waals surface area contributed by atoms with Gasteiger partial charge in [0.05, 0.1) is 9.35 Å². The fourth-order valence-corrected chi connectivity index (χ4v) is 2.21. The molecule has 0 aliphatic heterocycles. The number of aromatic amines is 1. The number of nitrogens with one attached hydrogen (secondary N) is 1. The number of nitrogens with zero attached hydrogens (tertiary/aromatic N) is 1. The van der Waals surface area contributed by atoms with Crippen LogP contribution in [0.1, 0.15) is 4.88 Å². The van der Waals surface area contributed by atoms with Crippen LogP contribution in [-0.4, -0.2) is 10.2 Å². The Morgan fingerprint density at radius 3 is 2.86 bits per heavy atom. The Morgan fingerprint density at radius 1 is 1.50 bits per heavy atom. The Kier molecular flexibility index (Phi) is 2.52. The molecule has 0 spiro atoms. The summed E-state index contributed by atoms with van der Waals surface area (Å²) in [4.78, 5) is 13.3. The van der Waals surface area contributed by atoms with E-state index in [1.54, 1.807) is 17.4 Å². The summed E-state index contributed by atoms with van der Waals surface area (Å²) in [7, 11) is 0. The van der Waals surface area contributed by atoms with Gasteiger partial charge in [-0.05, 0) is 41.1 Å². The van der Waals surface area contributed by atoms with E-state index in [1.807, 2.05) is 19.1 Å². The van der Waals surface area contributed by atoms with E-state index in [0.717, 1.165) is 10.6 Å². The first kappa shape index (κ1) is 9.61. The second-order valence-electron chi connectivity index (χ2n) is 2.84. The van der Waals surface area contributed by atoms with Crippen molar-refractivity contribution in [2.45, 2.75) is 6.92 Å². The number of rotatable bonds is 1. The maximum atomic E-state index is 11.0. The highest BCUT2D eigenvalue weighted by molar-refractivity contribution is 9.10. The van der Waals surface area contributed by atoms with Crippen LogP contribution in [0.3, 0.4) is 0 Å². The van der Waals surface area contributed by atoms with E-state index in [0.29, 0.717) is 4.47 Å². The number of hydrogen-bond acceptors (Lipinski definition) is 3. The average molecular weight is 271 g/mol. The number of H-pyrrole nitrogens is 1. The molecule has 0 radical (unpaired) electrons. The molecule has 2 heterocycles. The summed E-state index contributed by atoms with van der Waals surface area (Å²) in [6, 6.07) is 5.75. The molecule has 2 aromatic heterocycles. The molecule has 0 aromatic carbocycles. The van der Waals surface area contributed by atoms with Crippen LogP contribution < -0.4 is 5.56 Å². The number of thiophene rings is 1. The normalized spacial score (nSPS) is 10.4. The van der Waals surface area contributed by atoms with E-state index in [2.05, 4.69) is 26.1 Å². The first-order valence-electron chi connectivity index (χ1n) is 3.99. The van der Waals surface area contributed by atoms with Gasteiger partial charge in [-0.15, -0.1) is 11.3 Å². The smallest absolute Gasteiger partial charge is 0.267 e. The molecule has 72 valence electrons. The molecule has 0 saturated heterocycles. The van der Waals surface area contributed by atoms with Gasteiger partial charge in [0.25, 0.3) is 5.56 Å². The van der Waals surface area contributed by atoms with Crippen molar-refractivity contribution in [2.75, 3.05) is 0 Å². The summed E-state index contributed by atoms with van der Waals surface area (Å²) < 4.78 is 0.508. The van der Waals surface area contributed by atoms with Crippen molar-refractivity contribution in [3.63, 3.8) is 0 Å². The molecule has 0 fully saturated rings. The average Bonchev–Trinajstić information content (AvgIpc) is 2.57. The molecule has 14 heavy (non-hydrogen) atoms. The molecule has 0 aliphatic rings. The van der Waals surface area contributed by atoms with Gasteiger partial charge in [-0.2, -0.15) is 5.10 Å². The van der Waals surface area contributed by atoms with Gasteiger partial charge in [-0.25, -0.2) is 5.10 Å². The van der Waals surface area contributed by atoms with Crippen molar-refractivity contribution in [2.24, 2.45) is 0 Å². The first-order chi connectivity index (χ1) is 6.66. The molecule has 3 nitrogen and oxygen atoms in total. The molecular weight excluding hydrogens is 264 g/mol. The van der Waals surface area contributed by atoms with Crippen molar-refractivity contribution >= 4 is 27.3 Å². The predicted molar refractivity (Wildman–Crippen MR) is 60.6 cm³/mol. The molecule has 5 heteroatoms. The maximum Gasteiger partial charge on any atom is 0.278 e. The summed E-state index contributed by atoms with van der Waals surface area (Å²) in [5.41, 5.74) is 0.580. The van der Waals surface area contributed by atoms with Gasteiger partial charge in [0.15, 0.2) is 0 Å². The van der Waals surface area contributed by atoms with Crippen molar-refractivity contribution < 1.29 is 0 Å². The quantitative estimate of drug-likeness (QED) is 0.866. The first-order valence-corrected chi connectivity index (χ1v) is 5.60. The van der Waals surface area contributed by atoms with Crippen LogP contribution in [0.2, 0.25) is 0 Å². The highest BCUT2D eigenvalue weighted by Gasteiger charge is 2.04. The molecule has 0 atom stereocenters. The predicted octanol–water partition coefficient (Wildman–Crippen LogP) is 2.57. The highest BCUT2D eigenvalue weighted by atomic mass is 79.9. The fourth-order valence-electron chi connectivity index (χ4n) is 1.08. The Hall–Kier alpha value is -0.940. The topological polar surface area (TPSA) is 45.8 Å². The monoisotopic (exact) mass is 270 g/mol. The van der Waals surface area contributed by atoms with E-state index in [-0.39, 0.29) is 5.56 Å². The van der Waals surface area contributed by atoms with E-state index in [4.69, 9.17) is 0 Å². The fraction of sp³-hybridized carbons (Fsp3) is 0.111. The molecule has 0 amide bonds. The molecule has 0 unspecified atom stereocenters. The summed E-state index contributed by atoms with van der Waals surface area (Å²) in [6.07, 6.45) is 0. The second kappa shape index (κ2) is 3.67. The Labute approximate surface area is 92.9 Å². The van der Waals surface area contributed by atoms with Gasteiger partial charge in [-0.1, -0.05) is 0 Å². The Balaban J connectivity index is 2.52. The molecular formula is C9H7BrN2OS. The third-order valence-electron chi connectivity index (χ3n) is 1.75. The number of hydrogen-bond donors (Lipinski definition) is 1. The Bertz CT molecular complexity index is 518. The van der Waals surface area contributed by atoms with Gasteiger partial charge in [0, 0.05) is 4.88 Å². The molecule has 1 N–H and O–H groups in total. The number of aryl methyl sites for hydroxylation is 1. The van der Waals surface area contributed by atoms with Crippen molar-refractivity contribution in [1.82, 2.24) is 10.2 Å². The van der Waals surface area contributed by atoms with Gasteiger partial charge >= 0.3 is 0 Å². The number of halogens is 1. The highest BCUT2D eigenvalue weighted by Crippen LogP contribution is 2.26.